The summed E-state index contributed by atoms with van der Waals surface area (Å²) in [6.07, 6.45) is 6.95. The van der Waals surface area contributed by atoms with Gasteiger partial charge in [-0.25, -0.2) is 14.3 Å². The highest BCUT2D eigenvalue weighted by molar-refractivity contribution is 5.68. The Morgan fingerprint density at radius 1 is 1.40 bits per heavy atom. The summed E-state index contributed by atoms with van der Waals surface area (Å²) in [6.45, 7) is 1.39. The first-order valence-corrected chi connectivity index (χ1v) is 6.61. The van der Waals surface area contributed by atoms with E-state index in [-0.39, 0.29) is 12.7 Å². The number of hydrogen-bond acceptors (Lipinski definition) is 5. The molecule has 0 bridgehead atoms. The summed E-state index contributed by atoms with van der Waals surface area (Å²) in [5, 5.41) is 12.8. The molecule has 3 heterocycles. The third-order valence-electron chi connectivity index (χ3n) is 3.49. The molecule has 7 heteroatoms. The Balaban J connectivity index is 1.66. The molecule has 1 N–H and O–H groups in total. The molecule has 0 aliphatic carbocycles. The molecule has 1 aliphatic heterocycles. The van der Waals surface area contributed by atoms with E-state index in [2.05, 4.69) is 15.0 Å². The number of nitrogens with zero attached hydrogens (tertiary/aromatic N) is 4. The molecule has 3 rings (SSSR count). The SMILES string of the molecule is O=C(O)COC1CCN(c2nccn3nccc23)CC1. The van der Waals surface area contributed by atoms with Gasteiger partial charge in [0.15, 0.2) is 5.82 Å². The average molecular weight is 276 g/mol. The smallest absolute Gasteiger partial charge is 0.329 e. The van der Waals surface area contributed by atoms with Crippen LogP contribution in [0.4, 0.5) is 5.82 Å². The lowest BCUT2D eigenvalue weighted by Crippen LogP contribution is -2.38. The first kappa shape index (κ1) is 12.9. The van der Waals surface area contributed by atoms with Gasteiger partial charge in [-0.2, -0.15) is 5.10 Å². The van der Waals surface area contributed by atoms with Crippen molar-refractivity contribution in [1.29, 1.82) is 0 Å². The van der Waals surface area contributed by atoms with E-state index in [9.17, 15) is 4.79 Å². The fourth-order valence-electron chi connectivity index (χ4n) is 2.51. The molecule has 7 nitrogen and oxygen atoms in total. The van der Waals surface area contributed by atoms with Gasteiger partial charge in [0.2, 0.25) is 0 Å². The van der Waals surface area contributed by atoms with Crippen LogP contribution in [0.5, 0.6) is 0 Å². The first-order chi connectivity index (χ1) is 9.74. The van der Waals surface area contributed by atoms with Crippen molar-refractivity contribution in [3.05, 3.63) is 24.7 Å². The maximum Gasteiger partial charge on any atom is 0.329 e. The minimum Gasteiger partial charge on any atom is -0.480 e. The maximum absolute atomic E-state index is 10.5. The van der Waals surface area contributed by atoms with Crippen molar-refractivity contribution in [3.63, 3.8) is 0 Å². The zero-order chi connectivity index (χ0) is 13.9. The monoisotopic (exact) mass is 276 g/mol. The van der Waals surface area contributed by atoms with E-state index in [4.69, 9.17) is 9.84 Å². The second-order valence-corrected chi connectivity index (χ2v) is 4.80. The van der Waals surface area contributed by atoms with Crippen LogP contribution in [0.3, 0.4) is 0 Å². The van der Waals surface area contributed by atoms with Gasteiger partial charge in [-0.3, -0.25) is 0 Å². The van der Waals surface area contributed by atoms with Gasteiger partial charge < -0.3 is 14.7 Å². The van der Waals surface area contributed by atoms with E-state index >= 15 is 0 Å². The quantitative estimate of drug-likeness (QED) is 0.889. The Bertz CT molecular complexity index is 604. The Morgan fingerprint density at radius 2 is 2.20 bits per heavy atom. The number of aliphatic carboxylic acids is 1. The molecule has 0 aromatic carbocycles. The number of fused-ring (bicyclic) bond motifs is 1. The molecular formula is C13H16N4O3. The predicted octanol–water partition coefficient (Wildman–Crippen LogP) is 0.799. The minimum absolute atomic E-state index is 0.0204. The fourth-order valence-corrected chi connectivity index (χ4v) is 2.51. The molecule has 1 fully saturated rings. The summed E-state index contributed by atoms with van der Waals surface area (Å²) in [4.78, 5) is 17.1. The molecule has 0 atom stereocenters. The van der Waals surface area contributed by atoms with Crippen molar-refractivity contribution in [2.75, 3.05) is 24.6 Å². The predicted molar refractivity (Wildman–Crippen MR) is 71.8 cm³/mol. The Kier molecular flexibility index (Phi) is 3.51. The number of aromatic nitrogens is 3. The van der Waals surface area contributed by atoms with Crippen LogP contribution in [-0.2, 0) is 9.53 Å². The van der Waals surface area contributed by atoms with Gasteiger partial charge >= 0.3 is 5.97 Å². The van der Waals surface area contributed by atoms with Crippen LogP contribution in [0.25, 0.3) is 5.52 Å². The second kappa shape index (κ2) is 5.46. The number of hydrogen-bond donors (Lipinski definition) is 1. The number of ether oxygens (including phenoxy) is 1. The highest BCUT2D eigenvalue weighted by atomic mass is 16.5. The van der Waals surface area contributed by atoms with E-state index in [1.807, 2.05) is 12.3 Å². The van der Waals surface area contributed by atoms with Gasteiger partial charge in [0.1, 0.15) is 12.1 Å². The molecule has 0 amide bonds. The van der Waals surface area contributed by atoms with E-state index < -0.39 is 5.97 Å². The second-order valence-electron chi connectivity index (χ2n) is 4.80. The Hall–Kier alpha value is -2.15. The molecule has 1 aliphatic rings. The van der Waals surface area contributed by atoms with Gasteiger partial charge in [0.05, 0.1) is 12.3 Å². The highest BCUT2D eigenvalue weighted by Crippen LogP contribution is 2.23. The fraction of sp³-hybridized carbons (Fsp3) is 0.462. The largest absolute Gasteiger partial charge is 0.480 e. The van der Waals surface area contributed by atoms with Crippen molar-refractivity contribution in [1.82, 2.24) is 14.6 Å². The van der Waals surface area contributed by atoms with Crippen LogP contribution < -0.4 is 4.90 Å². The summed E-state index contributed by atoms with van der Waals surface area (Å²) >= 11 is 0. The van der Waals surface area contributed by atoms with Crippen LogP contribution >= 0.6 is 0 Å². The molecule has 0 spiro atoms. The molecular weight excluding hydrogens is 260 g/mol. The number of carboxylic acids is 1. The Morgan fingerprint density at radius 3 is 2.95 bits per heavy atom. The summed E-state index contributed by atoms with van der Waals surface area (Å²) in [5.74, 6) is -0.000177. The van der Waals surface area contributed by atoms with Gasteiger partial charge in [0, 0.05) is 25.5 Å². The van der Waals surface area contributed by atoms with Crippen LogP contribution in [-0.4, -0.2) is 51.5 Å². The van der Waals surface area contributed by atoms with Crippen LogP contribution in [0, 0.1) is 0 Å². The summed E-state index contributed by atoms with van der Waals surface area (Å²) in [7, 11) is 0. The molecule has 0 radical (unpaired) electrons. The zero-order valence-corrected chi connectivity index (χ0v) is 11.0. The molecule has 1 saturated heterocycles. The highest BCUT2D eigenvalue weighted by Gasteiger charge is 2.22. The van der Waals surface area contributed by atoms with Crippen LogP contribution in [0.15, 0.2) is 24.7 Å². The lowest BCUT2D eigenvalue weighted by Gasteiger charge is -2.32. The van der Waals surface area contributed by atoms with Gasteiger partial charge in [0.25, 0.3) is 0 Å². The van der Waals surface area contributed by atoms with Crippen molar-refractivity contribution >= 4 is 17.3 Å². The van der Waals surface area contributed by atoms with E-state index in [1.54, 1.807) is 16.9 Å². The van der Waals surface area contributed by atoms with Crippen LogP contribution in [0.1, 0.15) is 12.8 Å². The van der Waals surface area contributed by atoms with Crippen LogP contribution in [0.2, 0.25) is 0 Å². The van der Waals surface area contributed by atoms with Crippen molar-refractivity contribution in [2.24, 2.45) is 0 Å². The number of piperidine rings is 1. The number of carboxylic acid groups (broad SMARTS) is 1. The summed E-state index contributed by atoms with van der Waals surface area (Å²) < 4.78 is 7.14. The van der Waals surface area contributed by atoms with E-state index in [1.165, 1.54) is 0 Å². The first-order valence-electron chi connectivity index (χ1n) is 6.61. The number of rotatable bonds is 4. The molecule has 106 valence electrons. The van der Waals surface area contributed by atoms with Crippen molar-refractivity contribution < 1.29 is 14.6 Å². The van der Waals surface area contributed by atoms with Gasteiger partial charge in [-0.05, 0) is 18.9 Å². The number of anilines is 1. The van der Waals surface area contributed by atoms with E-state index in [0.717, 1.165) is 37.3 Å². The minimum atomic E-state index is -0.918. The zero-order valence-electron chi connectivity index (χ0n) is 11.0. The third kappa shape index (κ3) is 2.57. The van der Waals surface area contributed by atoms with Gasteiger partial charge in [-0.15, -0.1) is 0 Å². The normalized spacial score (nSPS) is 16.7. The summed E-state index contributed by atoms with van der Waals surface area (Å²) in [5.41, 5.74) is 0.984. The summed E-state index contributed by atoms with van der Waals surface area (Å²) in [6, 6.07) is 1.94. The lowest BCUT2D eigenvalue weighted by atomic mass is 10.1. The number of carbonyl (C=O) groups is 1. The molecule has 20 heavy (non-hydrogen) atoms. The Labute approximate surface area is 115 Å². The third-order valence-corrected chi connectivity index (χ3v) is 3.49. The molecule has 2 aromatic heterocycles. The topological polar surface area (TPSA) is 80.0 Å². The van der Waals surface area contributed by atoms with Gasteiger partial charge in [-0.1, -0.05) is 0 Å². The molecule has 0 saturated carbocycles. The van der Waals surface area contributed by atoms with Crippen molar-refractivity contribution in [3.8, 4) is 0 Å². The average Bonchev–Trinajstić information content (AvgIpc) is 2.94. The van der Waals surface area contributed by atoms with E-state index in [0.29, 0.717) is 0 Å². The standard InChI is InChI=1S/C13H16N4O3/c18-12(19)9-20-10-2-6-16(7-3-10)13-11-1-4-15-17(11)8-5-14-13/h1,4-5,8,10H,2-3,6-7,9H2,(H,18,19). The lowest BCUT2D eigenvalue weighted by molar-refractivity contribution is -0.144. The maximum atomic E-state index is 10.5. The van der Waals surface area contributed by atoms with Crippen molar-refractivity contribution in [2.45, 2.75) is 18.9 Å². The molecule has 0 unspecified atom stereocenters. The molecule has 2 aromatic rings.